The van der Waals surface area contributed by atoms with Crippen LogP contribution in [0.1, 0.15) is 16.7 Å². The van der Waals surface area contributed by atoms with E-state index >= 15 is 0 Å². The van der Waals surface area contributed by atoms with Crippen molar-refractivity contribution >= 4 is 11.6 Å². The first kappa shape index (κ1) is 22.2. The highest BCUT2D eigenvalue weighted by Gasteiger charge is 2.15. The molecular formula is C22H18F3N5O3. The molecule has 0 atom stereocenters. The molecule has 0 aliphatic carbocycles. The van der Waals surface area contributed by atoms with Crippen LogP contribution >= 0.6 is 0 Å². The Morgan fingerprint density at radius 3 is 2.58 bits per heavy atom. The molecule has 0 aliphatic rings. The van der Waals surface area contributed by atoms with Gasteiger partial charge in [-0.2, -0.15) is 4.98 Å². The van der Waals surface area contributed by atoms with Crippen molar-refractivity contribution in [3.05, 3.63) is 87.4 Å². The van der Waals surface area contributed by atoms with Crippen molar-refractivity contribution in [2.45, 2.75) is 20.1 Å². The minimum atomic E-state index is -1.55. The third kappa shape index (κ3) is 4.77. The minimum Gasteiger partial charge on any atom is -0.423 e. The van der Waals surface area contributed by atoms with E-state index in [1.54, 1.807) is 12.1 Å². The molecular weight excluding hydrogens is 439 g/mol. The van der Waals surface area contributed by atoms with E-state index in [0.29, 0.717) is 17.1 Å². The van der Waals surface area contributed by atoms with Crippen molar-refractivity contribution in [2.75, 3.05) is 12.4 Å². The fourth-order valence-corrected chi connectivity index (χ4v) is 3.22. The van der Waals surface area contributed by atoms with Crippen LogP contribution in [0.15, 0.2) is 52.1 Å². The lowest BCUT2D eigenvalue weighted by atomic mass is 10.1. The molecule has 1 N–H and O–H groups in total. The molecule has 0 aliphatic heterocycles. The molecule has 0 unspecified atom stereocenters. The van der Waals surface area contributed by atoms with Gasteiger partial charge >= 0.3 is 0 Å². The SMILES string of the molecule is COCc1cn(Cc2cc(F)c(F)c(F)c2)c(Nc2cc(-c3nnco3)ccc2C)nc1=O. The van der Waals surface area contributed by atoms with Crippen LogP contribution in [0.3, 0.4) is 0 Å². The number of aryl methyl sites for hydroxylation is 1. The van der Waals surface area contributed by atoms with Crippen LogP contribution in [0.25, 0.3) is 11.5 Å². The third-order valence-electron chi connectivity index (χ3n) is 4.85. The van der Waals surface area contributed by atoms with Gasteiger partial charge in [-0.1, -0.05) is 6.07 Å². The monoisotopic (exact) mass is 457 g/mol. The molecule has 0 fully saturated rings. The van der Waals surface area contributed by atoms with Crippen LogP contribution in [0.5, 0.6) is 0 Å². The van der Waals surface area contributed by atoms with Gasteiger partial charge in [0, 0.05) is 24.6 Å². The minimum absolute atomic E-state index is 0.00999. The van der Waals surface area contributed by atoms with Gasteiger partial charge in [-0.05, 0) is 42.3 Å². The van der Waals surface area contributed by atoms with Crippen LogP contribution in [0, 0.1) is 24.4 Å². The Morgan fingerprint density at radius 1 is 1.15 bits per heavy atom. The number of methoxy groups -OCH3 is 1. The lowest BCUT2D eigenvalue weighted by Gasteiger charge is -2.17. The maximum atomic E-state index is 13.7. The molecule has 8 nitrogen and oxygen atoms in total. The quantitative estimate of drug-likeness (QED) is 0.420. The summed E-state index contributed by atoms with van der Waals surface area (Å²) < 4.78 is 52.6. The number of rotatable bonds is 7. The number of halogens is 3. The van der Waals surface area contributed by atoms with Crippen LogP contribution in [0.4, 0.5) is 24.8 Å². The number of anilines is 2. The number of hydrogen-bond acceptors (Lipinski definition) is 7. The Hall–Kier alpha value is -3.99. The van der Waals surface area contributed by atoms with Crippen LogP contribution in [-0.4, -0.2) is 26.9 Å². The summed E-state index contributed by atoms with van der Waals surface area (Å²) in [7, 11) is 1.42. The lowest BCUT2D eigenvalue weighted by Crippen LogP contribution is -2.21. The molecule has 0 saturated heterocycles. The second-order valence-corrected chi connectivity index (χ2v) is 7.23. The van der Waals surface area contributed by atoms with E-state index in [4.69, 9.17) is 9.15 Å². The Morgan fingerprint density at radius 2 is 1.91 bits per heavy atom. The molecule has 0 bridgehead atoms. The van der Waals surface area contributed by atoms with Gasteiger partial charge in [0.25, 0.3) is 5.56 Å². The second kappa shape index (κ2) is 9.25. The number of nitrogens with zero attached hydrogens (tertiary/aromatic N) is 4. The molecule has 4 aromatic rings. The highest BCUT2D eigenvalue weighted by molar-refractivity contribution is 5.67. The first-order valence-electron chi connectivity index (χ1n) is 9.72. The van der Waals surface area contributed by atoms with E-state index < -0.39 is 23.0 Å². The van der Waals surface area contributed by atoms with Crippen molar-refractivity contribution in [3.63, 3.8) is 0 Å². The zero-order valence-electron chi connectivity index (χ0n) is 17.6. The van der Waals surface area contributed by atoms with Crippen molar-refractivity contribution in [1.29, 1.82) is 0 Å². The summed E-state index contributed by atoms with van der Waals surface area (Å²) >= 11 is 0. The van der Waals surface area contributed by atoms with Crippen molar-refractivity contribution in [1.82, 2.24) is 19.7 Å². The van der Waals surface area contributed by atoms with E-state index in [-0.39, 0.29) is 30.2 Å². The zero-order chi connectivity index (χ0) is 23.5. The smallest absolute Gasteiger partial charge is 0.279 e. The fraction of sp³-hybridized carbons (Fsp3) is 0.182. The fourth-order valence-electron chi connectivity index (χ4n) is 3.22. The first-order valence-corrected chi connectivity index (χ1v) is 9.72. The largest absolute Gasteiger partial charge is 0.423 e. The van der Waals surface area contributed by atoms with E-state index in [9.17, 15) is 18.0 Å². The van der Waals surface area contributed by atoms with Gasteiger partial charge in [-0.3, -0.25) is 4.79 Å². The van der Waals surface area contributed by atoms with Crippen molar-refractivity contribution in [3.8, 4) is 11.5 Å². The van der Waals surface area contributed by atoms with E-state index in [1.807, 2.05) is 13.0 Å². The van der Waals surface area contributed by atoms with Gasteiger partial charge in [0.05, 0.1) is 18.7 Å². The Labute approximate surface area is 185 Å². The highest BCUT2D eigenvalue weighted by Crippen LogP contribution is 2.26. The number of nitrogens with one attached hydrogen (secondary N) is 1. The van der Waals surface area contributed by atoms with Gasteiger partial charge in [0.1, 0.15) is 0 Å². The summed E-state index contributed by atoms with van der Waals surface area (Å²) in [5.74, 6) is -3.77. The molecule has 0 amide bonds. The summed E-state index contributed by atoms with van der Waals surface area (Å²) in [5.41, 5.74) is 1.88. The maximum Gasteiger partial charge on any atom is 0.279 e. The number of ether oxygens (including phenoxy) is 1. The van der Waals surface area contributed by atoms with Crippen LogP contribution in [0.2, 0.25) is 0 Å². The van der Waals surface area contributed by atoms with Crippen LogP contribution < -0.4 is 10.9 Å². The average Bonchev–Trinajstić information content (AvgIpc) is 3.31. The molecule has 0 saturated carbocycles. The molecule has 2 aromatic heterocycles. The predicted octanol–water partition coefficient (Wildman–Crippen LogP) is 3.96. The summed E-state index contributed by atoms with van der Waals surface area (Å²) in [4.78, 5) is 16.6. The zero-order valence-corrected chi connectivity index (χ0v) is 17.6. The van der Waals surface area contributed by atoms with Gasteiger partial charge < -0.3 is 19.0 Å². The molecule has 2 heterocycles. The van der Waals surface area contributed by atoms with Gasteiger partial charge in [-0.15, -0.1) is 10.2 Å². The van der Waals surface area contributed by atoms with E-state index in [0.717, 1.165) is 17.7 Å². The first-order chi connectivity index (χ1) is 15.9. The number of aromatic nitrogens is 4. The van der Waals surface area contributed by atoms with E-state index in [1.165, 1.54) is 24.3 Å². The van der Waals surface area contributed by atoms with Gasteiger partial charge in [0.15, 0.2) is 17.5 Å². The Balaban J connectivity index is 1.76. The molecule has 4 rings (SSSR count). The maximum absolute atomic E-state index is 13.7. The molecule has 2 aromatic carbocycles. The topological polar surface area (TPSA) is 95.1 Å². The number of benzene rings is 2. The van der Waals surface area contributed by atoms with Crippen molar-refractivity contribution < 1.29 is 22.3 Å². The standard InChI is InChI=1S/C22H18F3N5O3/c1-12-3-4-14(21-29-26-11-33-21)7-18(12)27-22-28-20(31)15(10-32-2)9-30(22)8-13-5-16(23)19(25)17(24)6-13/h3-7,9,11H,8,10H2,1-2H3,(H,27,28,31). The molecule has 33 heavy (non-hydrogen) atoms. The molecule has 0 radical (unpaired) electrons. The Kier molecular flexibility index (Phi) is 6.22. The van der Waals surface area contributed by atoms with Crippen molar-refractivity contribution in [2.24, 2.45) is 0 Å². The van der Waals surface area contributed by atoms with Crippen LogP contribution in [-0.2, 0) is 17.9 Å². The normalized spacial score (nSPS) is 11.1. The molecule has 170 valence electrons. The van der Waals surface area contributed by atoms with Gasteiger partial charge in [-0.25, -0.2) is 13.2 Å². The second-order valence-electron chi connectivity index (χ2n) is 7.23. The average molecular weight is 457 g/mol. The summed E-state index contributed by atoms with van der Waals surface area (Å²) in [5, 5.41) is 10.6. The lowest BCUT2D eigenvalue weighted by molar-refractivity contribution is 0.183. The third-order valence-corrected chi connectivity index (χ3v) is 4.85. The van der Waals surface area contributed by atoms with E-state index in [2.05, 4.69) is 20.5 Å². The summed E-state index contributed by atoms with van der Waals surface area (Å²) in [6.45, 7) is 1.74. The molecule has 11 heteroatoms. The number of hydrogen-bond donors (Lipinski definition) is 1. The van der Waals surface area contributed by atoms with Gasteiger partial charge in [0.2, 0.25) is 18.2 Å². The molecule has 0 spiro atoms. The highest BCUT2D eigenvalue weighted by atomic mass is 19.2. The predicted molar refractivity (Wildman–Crippen MR) is 112 cm³/mol. The Bertz CT molecular complexity index is 1330. The summed E-state index contributed by atoms with van der Waals surface area (Å²) in [6.07, 6.45) is 2.68. The summed E-state index contributed by atoms with van der Waals surface area (Å²) in [6, 6.07) is 7.11.